The highest BCUT2D eigenvalue weighted by molar-refractivity contribution is 6.05. The minimum atomic E-state index is -4.56. The molecule has 1 unspecified atom stereocenters. The molecule has 2 aromatic heterocycles. The Hall–Kier alpha value is -3.36. The van der Waals surface area contributed by atoms with Gasteiger partial charge in [0.05, 0.1) is 11.1 Å². The van der Waals surface area contributed by atoms with Crippen molar-refractivity contribution in [2.45, 2.75) is 26.1 Å². The number of para-hydroxylation sites is 1. The number of alkyl halides is 3. The van der Waals surface area contributed by atoms with Gasteiger partial charge in [-0.3, -0.25) is 4.79 Å². The third-order valence-corrected chi connectivity index (χ3v) is 4.05. The van der Waals surface area contributed by atoms with E-state index in [4.69, 9.17) is 9.15 Å². The van der Waals surface area contributed by atoms with Crippen molar-refractivity contribution in [3.05, 3.63) is 53.8 Å². The van der Waals surface area contributed by atoms with Crippen LogP contribution in [0, 0.1) is 6.92 Å². The van der Waals surface area contributed by atoms with Crippen molar-refractivity contribution in [1.82, 2.24) is 10.3 Å². The van der Waals surface area contributed by atoms with Crippen LogP contribution in [-0.2, 0) is 9.53 Å². The summed E-state index contributed by atoms with van der Waals surface area (Å²) in [5, 5.41) is 2.17. The van der Waals surface area contributed by atoms with Crippen LogP contribution in [0.2, 0.25) is 0 Å². The Labute approximate surface area is 163 Å². The third-order valence-electron chi connectivity index (χ3n) is 4.05. The van der Waals surface area contributed by atoms with Crippen LogP contribution in [0.25, 0.3) is 22.4 Å². The van der Waals surface area contributed by atoms with E-state index >= 15 is 0 Å². The number of benzene rings is 1. The molecular weight excluding hydrogens is 389 g/mol. The van der Waals surface area contributed by atoms with Crippen LogP contribution in [0.15, 0.2) is 46.9 Å². The fourth-order valence-corrected chi connectivity index (χ4v) is 2.65. The number of carbonyl (C=O) groups excluding carboxylic acids is 2. The summed E-state index contributed by atoms with van der Waals surface area (Å²) in [6.45, 7) is 1.46. The lowest BCUT2D eigenvalue weighted by Gasteiger charge is -2.15. The molecule has 0 aliphatic heterocycles. The molecule has 0 bridgehead atoms. The van der Waals surface area contributed by atoms with Gasteiger partial charge in [-0.15, -0.1) is 0 Å². The molecule has 0 aliphatic rings. The van der Waals surface area contributed by atoms with Crippen molar-refractivity contribution in [2.75, 3.05) is 6.54 Å². The Morgan fingerprint density at radius 1 is 1.21 bits per heavy atom. The standard InChI is InChI=1S/C20H17F3N2O4/c1-11-7-8-17(28-11)16-9-14(13-5-3-4-6-15(13)25-16)19(27)29-12(2)18(26)24-10-20(21,22)23/h3-9,12H,10H2,1-2H3,(H,24,26). The van der Waals surface area contributed by atoms with Crippen molar-refractivity contribution < 1.29 is 31.9 Å². The number of halogens is 3. The maximum atomic E-state index is 12.7. The van der Waals surface area contributed by atoms with E-state index < -0.39 is 30.7 Å². The number of fused-ring (bicyclic) bond motifs is 1. The molecule has 0 saturated carbocycles. The molecule has 3 aromatic rings. The van der Waals surface area contributed by atoms with E-state index in [1.165, 1.54) is 13.0 Å². The minimum Gasteiger partial charge on any atom is -0.460 e. The molecule has 0 radical (unpaired) electrons. The Bertz CT molecular complexity index is 1060. The molecule has 0 aliphatic carbocycles. The van der Waals surface area contributed by atoms with E-state index in [1.54, 1.807) is 48.6 Å². The summed E-state index contributed by atoms with van der Waals surface area (Å²) in [6.07, 6.45) is -5.97. The van der Waals surface area contributed by atoms with Crippen molar-refractivity contribution in [3.63, 3.8) is 0 Å². The number of nitrogens with zero attached hydrogens (tertiary/aromatic N) is 1. The van der Waals surface area contributed by atoms with Gasteiger partial charge in [-0.25, -0.2) is 9.78 Å². The summed E-state index contributed by atoms with van der Waals surface area (Å²) < 4.78 is 47.4. The van der Waals surface area contributed by atoms with Crippen molar-refractivity contribution in [1.29, 1.82) is 0 Å². The number of ether oxygens (including phenoxy) is 1. The number of rotatable bonds is 5. The molecule has 3 rings (SSSR count). The van der Waals surface area contributed by atoms with Crippen LogP contribution >= 0.6 is 0 Å². The summed E-state index contributed by atoms with van der Waals surface area (Å²) in [6, 6.07) is 11.7. The quantitative estimate of drug-likeness (QED) is 0.647. The number of nitrogens with one attached hydrogen (secondary N) is 1. The van der Waals surface area contributed by atoms with Gasteiger partial charge in [-0.05, 0) is 38.1 Å². The first-order chi connectivity index (χ1) is 13.6. The maximum Gasteiger partial charge on any atom is 0.405 e. The summed E-state index contributed by atoms with van der Waals surface area (Å²) in [5.41, 5.74) is 1.01. The number of furan rings is 1. The van der Waals surface area contributed by atoms with Crippen LogP contribution in [-0.4, -0.2) is 35.7 Å². The minimum absolute atomic E-state index is 0.120. The molecule has 2 heterocycles. The predicted molar refractivity (Wildman–Crippen MR) is 98.1 cm³/mol. The number of hydrogen-bond donors (Lipinski definition) is 1. The van der Waals surface area contributed by atoms with Crippen molar-refractivity contribution >= 4 is 22.8 Å². The highest BCUT2D eigenvalue weighted by Crippen LogP contribution is 2.27. The number of esters is 1. The molecule has 1 aromatic carbocycles. The van der Waals surface area contributed by atoms with Gasteiger partial charge in [0.15, 0.2) is 11.9 Å². The van der Waals surface area contributed by atoms with E-state index in [-0.39, 0.29) is 5.56 Å². The fourth-order valence-electron chi connectivity index (χ4n) is 2.65. The van der Waals surface area contributed by atoms with Gasteiger partial charge in [-0.2, -0.15) is 13.2 Å². The van der Waals surface area contributed by atoms with Gasteiger partial charge in [0.25, 0.3) is 5.91 Å². The second-order valence-corrected chi connectivity index (χ2v) is 6.36. The number of aromatic nitrogens is 1. The van der Waals surface area contributed by atoms with E-state index in [2.05, 4.69) is 4.98 Å². The summed E-state index contributed by atoms with van der Waals surface area (Å²) in [5.74, 6) is -0.800. The summed E-state index contributed by atoms with van der Waals surface area (Å²) in [4.78, 5) is 28.9. The lowest BCUT2D eigenvalue weighted by Crippen LogP contribution is -2.40. The SMILES string of the molecule is Cc1ccc(-c2cc(C(=O)OC(C)C(=O)NCC(F)(F)F)c3ccccc3n2)o1. The van der Waals surface area contributed by atoms with Crippen molar-refractivity contribution in [3.8, 4) is 11.5 Å². The van der Waals surface area contributed by atoms with Gasteiger partial charge in [0, 0.05) is 5.39 Å². The number of aryl methyl sites for hydroxylation is 1. The first kappa shape index (κ1) is 20.4. The highest BCUT2D eigenvalue weighted by atomic mass is 19.4. The lowest BCUT2D eigenvalue weighted by atomic mass is 10.1. The Kier molecular flexibility index (Phi) is 5.58. The van der Waals surface area contributed by atoms with Crippen LogP contribution < -0.4 is 5.32 Å². The van der Waals surface area contributed by atoms with E-state index in [0.29, 0.717) is 28.1 Å². The third kappa shape index (κ3) is 4.92. The highest BCUT2D eigenvalue weighted by Gasteiger charge is 2.30. The van der Waals surface area contributed by atoms with E-state index in [1.807, 2.05) is 0 Å². The topological polar surface area (TPSA) is 81.4 Å². The molecule has 0 fully saturated rings. The average molecular weight is 406 g/mol. The first-order valence-electron chi connectivity index (χ1n) is 8.66. The average Bonchev–Trinajstić information content (AvgIpc) is 3.10. The monoisotopic (exact) mass is 406 g/mol. The molecule has 1 N–H and O–H groups in total. The second kappa shape index (κ2) is 7.94. The fraction of sp³-hybridized carbons (Fsp3) is 0.250. The second-order valence-electron chi connectivity index (χ2n) is 6.36. The van der Waals surface area contributed by atoms with Gasteiger partial charge in [0.2, 0.25) is 0 Å². The van der Waals surface area contributed by atoms with Gasteiger partial charge in [-0.1, -0.05) is 18.2 Å². The van der Waals surface area contributed by atoms with Gasteiger partial charge < -0.3 is 14.5 Å². The van der Waals surface area contributed by atoms with E-state index in [0.717, 1.165) is 0 Å². The molecule has 9 heteroatoms. The number of hydrogen-bond acceptors (Lipinski definition) is 5. The Morgan fingerprint density at radius 2 is 1.93 bits per heavy atom. The molecule has 6 nitrogen and oxygen atoms in total. The van der Waals surface area contributed by atoms with E-state index in [9.17, 15) is 22.8 Å². The molecule has 1 amide bonds. The molecule has 1 atom stereocenters. The number of amides is 1. The van der Waals surface area contributed by atoms with Crippen molar-refractivity contribution in [2.24, 2.45) is 0 Å². The van der Waals surface area contributed by atoms with Crippen LogP contribution in [0.4, 0.5) is 13.2 Å². The van der Waals surface area contributed by atoms with Gasteiger partial charge in [0.1, 0.15) is 18.0 Å². The first-order valence-corrected chi connectivity index (χ1v) is 8.66. The molecule has 0 saturated heterocycles. The smallest absolute Gasteiger partial charge is 0.405 e. The maximum absolute atomic E-state index is 12.7. The summed E-state index contributed by atoms with van der Waals surface area (Å²) >= 11 is 0. The summed E-state index contributed by atoms with van der Waals surface area (Å²) in [7, 11) is 0. The lowest BCUT2D eigenvalue weighted by molar-refractivity contribution is -0.143. The zero-order valence-electron chi connectivity index (χ0n) is 15.5. The zero-order chi connectivity index (χ0) is 21.2. The van der Waals surface area contributed by atoms with Gasteiger partial charge >= 0.3 is 12.1 Å². The van der Waals surface area contributed by atoms with Crippen LogP contribution in [0.1, 0.15) is 23.0 Å². The Morgan fingerprint density at radius 3 is 2.59 bits per heavy atom. The van der Waals surface area contributed by atoms with Crippen LogP contribution in [0.5, 0.6) is 0 Å². The number of pyridine rings is 1. The van der Waals surface area contributed by atoms with Crippen LogP contribution in [0.3, 0.4) is 0 Å². The molecule has 29 heavy (non-hydrogen) atoms. The molecule has 0 spiro atoms. The molecule has 152 valence electrons. The number of carbonyl (C=O) groups is 2. The Balaban J connectivity index is 1.87. The molecular formula is C20H17F3N2O4. The largest absolute Gasteiger partial charge is 0.460 e. The predicted octanol–water partition coefficient (Wildman–Crippen LogP) is 4.03. The normalized spacial score (nSPS) is 12.6. The zero-order valence-corrected chi connectivity index (χ0v) is 15.5.